The molecule has 5 nitrogen and oxygen atoms in total. The van der Waals surface area contributed by atoms with Crippen molar-refractivity contribution in [3.8, 4) is 0 Å². The Labute approximate surface area is 146 Å². The van der Waals surface area contributed by atoms with Crippen molar-refractivity contribution in [2.75, 3.05) is 0 Å². The number of alkyl carbamates (subject to hydrolysis) is 1. The molecule has 2 N–H and O–H groups in total. The van der Waals surface area contributed by atoms with Crippen LogP contribution in [0, 0.1) is 12.8 Å². The second-order valence-corrected chi connectivity index (χ2v) is 6.46. The lowest BCUT2D eigenvalue weighted by atomic mass is 10.0. The molecule has 0 radical (unpaired) electrons. The van der Waals surface area contributed by atoms with Crippen molar-refractivity contribution in [3.05, 3.63) is 35.4 Å². The molecule has 0 spiro atoms. The van der Waals surface area contributed by atoms with Gasteiger partial charge < -0.3 is 15.4 Å². The summed E-state index contributed by atoms with van der Waals surface area (Å²) in [7, 11) is 0. The highest BCUT2D eigenvalue weighted by Gasteiger charge is 2.26. The molecule has 2 atom stereocenters. The van der Waals surface area contributed by atoms with Gasteiger partial charge in [0.05, 0.1) is 12.1 Å². The third kappa shape index (κ3) is 7.02. The summed E-state index contributed by atoms with van der Waals surface area (Å²) in [5.74, 6) is -0.256. The van der Waals surface area contributed by atoms with E-state index in [4.69, 9.17) is 4.74 Å². The first-order valence-corrected chi connectivity index (χ1v) is 8.04. The molecule has 1 aromatic carbocycles. The predicted molar refractivity (Wildman–Crippen MR) is 97.8 cm³/mol. The minimum Gasteiger partial charge on any atom is -0.447 e. The van der Waals surface area contributed by atoms with Crippen molar-refractivity contribution in [1.82, 2.24) is 10.6 Å². The minimum atomic E-state index is -0.630. The van der Waals surface area contributed by atoms with Crippen LogP contribution in [0.25, 0.3) is 0 Å². The largest absolute Gasteiger partial charge is 0.447 e. The first kappa shape index (κ1) is 22.0. The van der Waals surface area contributed by atoms with E-state index in [0.717, 1.165) is 5.56 Å². The Morgan fingerprint density at radius 2 is 1.50 bits per heavy atom. The van der Waals surface area contributed by atoms with Crippen LogP contribution >= 0.6 is 0 Å². The lowest BCUT2D eigenvalue weighted by Gasteiger charge is -2.24. The third-order valence-electron chi connectivity index (χ3n) is 3.50. The Balaban J connectivity index is 0.00000529. The van der Waals surface area contributed by atoms with E-state index in [-0.39, 0.29) is 31.4 Å². The van der Waals surface area contributed by atoms with Crippen LogP contribution in [0.2, 0.25) is 0 Å². The van der Waals surface area contributed by atoms with Gasteiger partial charge in [0.2, 0.25) is 5.91 Å². The van der Waals surface area contributed by atoms with Gasteiger partial charge in [-0.25, -0.2) is 4.79 Å². The molecule has 0 aliphatic rings. The van der Waals surface area contributed by atoms with Crippen LogP contribution in [0.5, 0.6) is 0 Å². The number of benzene rings is 1. The molecule has 0 aromatic heterocycles. The van der Waals surface area contributed by atoms with Crippen molar-refractivity contribution < 1.29 is 14.3 Å². The van der Waals surface area contributed by atoms with Crippen LogP contribution in [-0.2, 0) is 9.53 Å². The Kier molecular flexibility index (Phi) is 9.11. The number of amides is 2. The number of hydrogen-bond donors (Lipinski definition) is 2. The Bertz CT molecular complexity index is 524. The van der Waals surface area contributed by atoms with E-state index < -0.39 is 12.1 Å². The van der Waals surface area contributed by atoms with Gasteiger partial charge in [0, 0.05) is 0 Å². The number of aryl methyl sites for hydroxylation is 1. The molecule has 0 saturated heterocycles. The van der Waals surface area contributed by atoms with Gasteiger partial charge >= 0.3 is 6.09 Å². The average Bonchev–Trinajstić information content (AvgIpc) is 2.44. The lowest BCUT2D eigenvalue weighted by molar-refractivity contribution is -0.124. The molecule has 0 bridgehead atoms. The molecule has 136 valence electrons. The fraction of sp³-hybridized carbons (Fsp3) is 0.579. The second-order valence-electron chi connectivity index (χ2n) is 6.46. The zero-order valence-corrected chi connectivity index (χ0v) is 14.8. The number of rotatable bonds is 6. The quantitative estimate of drug-likeness (QED) is 0.826. The van der Waals surface area contributed by atoms with E-state index in [1.807, 2.05) is 52.0 Å². The highest BCUT2D eigenvalue weighted by atomic mass is 16.6. The maximum atomic E-state index is 12.5. The van der Waals surface area contributed by atoms with Crippen LogP contribution in [0.1, 0.15) is 59.2 Å². The number of carbonyl (C=O) groups is 2. The molecule has 2 unspecified atom stereocenters. The van der Waals surface area contributed by atoms with Crippen molar-refractivity contribution >= 4 is 12.0 Å². The summed E-state index contributed by atoms with van der Waals surface area (Å²) in [5, 5.41) is 5.59. The van der Waals surface area contributed by atoms with Gasteiger partial charge in [-0.05, 0) is 39.2 Å². The van der Waals surface area contributed by atoms with Crippen LogP contribution < -0.4 is 10.6 Å². The van der Waals surface area contributed by atoms with Gasteiger partial charge in [-0.1, -0.05) is 51.1 Å². The monoisotopic (exact) mass is 336 g/mol. The SMILES string of the molecule is C.Cc1ccc(C(C)NC(=O)C(NC(=O)OC(C)C)C(C)C)cc1. The average molecular weight is 336 g/mol. The summed E-state index contributed by atoms with van der Waals surface area (Å²) in [6.45, 7) is 11.2. The number of carbonyl (C=O) groups excluding carboxylic acids is 2. The smallest absolute Gasteiger partial charge is 0.408 e. The first-order chi connectivity index (χ1) is 10.7. The Hall–Kier alpha value is -2.04. The van der Waals surface area contributed by atoms with E-state index in [9.17, 15) is 9.59 Å². The topological polar surface area (TPSA) is 67.4 Å². The van der Waals surface area contributed by atoms with Crippen molar-refractivity contribution in [2.24, 2.45) is 5.92 Å². The van der Waals surface area contributed by atoms with Crippen molar-refractivity contribution in [1.29, 1.82) is 0 Å². The molecule has 0 aliphatic carbocycles. The summed E-state index contributed by atoms with van der Waals surface area (Å²) in [6, 6.07) is 7.24. The van der Waals surface area contributed by atoms with Crippen molar-refractivity contribution in [3.63, 3.8) is 0 Å². The van der Waals surface area contributed by atoms with Crippen LogP contribution in [-0.4, -0.2) is 24.1 Å². The Morgan fingerprint density at radius 3 is 1.96 bits per heavy atom. The molecule has 5 heteroatoms. The molecule has 24 heavy (non-hydrogen) atoms. The maximum Gasteiger partial charge on any atom is 0.408 e. The fourth-order valence-electron chi connectivity index (χ4n) is 2.15. The Morgan fingerprint density at radius 1 is 0.958 bits per heavy atom. The lowest BCUT2D eigenvalue weighted by Crippen LogP contribution is -2.50. The predicted octanol–water partition coefficient (Wildman–Crippen LogP) is 3.97. The highest BCUT2D eigenvalue weighted by Crippen LogP contribution is 2.14. The molecular formula is C19H32N2O3. The molecule has 0 saturated carbocycles. The van der Waals surface area contributed by atoms with Gasteiger partial charge in [-0.2, -0.15) is 0 Å². The normalized spacial score (nSPS) is 13.0. The van der Waals surface area contributed by atoms with Crippen LogP contribution in [0.15, 0.2) is 24.3 Å². The van der Waals surface area contributed by atoms with Crippen LogP contribution in [0.3, 0.4) is 0 Å². The summed E-state index contributed by atoms with van der Waals surface area (Å²) in [5.41, 5.74) is 2.20. The molecule has 1 aromatic rings. The molecular weight excluding hydrogens is 304 g/mol. The summed E-state index contributed by atoms with van der Waals surface area (Å²) < 4.78 is 5.05. The number of hydrogen-bond acceptors (Lipinski definition) is 3. The summed E-state index contributed by atoms with van der Waals surface area (Å²) in [6.07, 6.45) is -0.797. The van der Waals surface area contributed by atoms with Gasteiger partial charge in [-0.3, -0.25) is 4.79 Å². The van der Waals surface area contributed by atoms with E-state index in [1.165, 1.54) is 5.56 Å². The first-order valence-electron chi connectivity index (χ1n) is 8.04. The number of nitrogens with one attached hydrogen (secondary N) is 2. The number of ether oxygens (including phenoxy) is 1. The summed E-state index contributed by atoms with van der Waals surface area (Å²) >= 11 is 0. The molecule has 0 aliphatic heterocycles. The van der Waals surface area contributed by atoms with E-state index >= 15 is 0 Å². The van der Waals surface area contributed by atoms with Crippen molar-refractivity contribution in [2.45, 2.75) is 67.2 Å². The van der Waals surface area contributed by atoms with E-state index in [2.05, 4.69) is 10.6 Å². The van der Waals surface area contributed by atoms with Gasteiger partial charge in [-0.15, -0.1) is 0 Å². The molecule has 0 heterocycles. The second kappa shape index (κ2) is 9.96. The van der Waals surface area contributed by atoms with Gasteiger partial charge in [0.25, 0.3) is 0 Å². The van der Waals surface area contributed by atoms with Crippen LogP contribution in [0.4, 0.5) is 4.79 Å². The summed E-state index contributed by atoms with van der Waals surface area (Å²) in [4.78, 5) is 24.2. The van der Waals surface area contributed by atoms with Gasteiger partial charge in [0.1, 0.15) is 6.04 Å². The fourth-order valence-corrected chi connectivity index (χ4v) is 2.15. The standard InChI is InChI=1S/C18H28N2O3.CH4/c1-11(2)16(20-18(22)23-12(3)4)17(21)19-14(6)15-9-7-13(5)8-10-15;/h7-12,14,16H,1-6H3,(H,19,21)(H,20,22);1H4. The zero-order chi connectivity index (χ0) is 17.6. The third-order valence-corrected chi connectivity index (χ3v) is 3.50. The van der Waals surface area contributed by atoms with E-state index in [0.29, 0.717) is 0 Å². The zero-order valence-electron chi connectivity index (χ0n) is 14.8. The van der Waals surface area contributed by atoms with Gasteiger partial charge in [0.15, 0.2) is 0 Å². The molecule has 1 rings (SSSR count). The highest BCUT2D eigenvalue weighted by molar-refractivity contribution is 5.86. The maximum absolute atomic E-state index is 12.5. The van der Waals surface area contributed by atoms with E-state index in [1.54, 1.807) is 13.8 Å². The molecule has 2 amide bonds. The minimum absolute atomic E-state index is 0. The molecule has 0 fully saturated rings.